The first-order chi connectivity index (χ1) is 6.36. The first kappa shape index (κ1) is 11.0. The molecule has 1 aromatic rings. The van der Waals surface area contributed by atoms with E-state index in [0.29, 0.717) is 13.2 Å². The monoisotopic (exact) mass is 213 g/mol. The van der Waals surface area contributed by atoms with Crippen LogP contribution in [0.15, 0.2) is 30.3 Å². The number of benzene rings is 1. The summed E-state index contributed by atoms with van der Waals surface area (Å²) in [6, 6.07) is 10.1. The summed E-state index contributed by atoms with van der Waals surface area (Å²) >= 11 is 0. The Hall–Kier alpha value is -1.06. The number of carbonyl (C=O) groups excluding carboxylic acids is 1. The van der Waals surface area contributed by atoms with Crippen molar-refractivity contribution in [3.05, 3.63) is 35.9 Å². The molecule has 1 aliphatic heterocycles. The van der Waals surface area contributed by atoms with Gasteiger partial charge in [-0.2, -0.15) is 0 Å². The number of carbonyl (C=O) groups is 1. The minimum Gasteiger partial charge on any atom is -0.463 e. The molecule has 1 saturated heterocycles. The zero-order chi connectivity index (χ0) is 9.10. The van der Waals surface area contributed by atoms with Gasteiger partial charge in [0.15, 0.2) is 0 Å². The quantitative estimate of drug-likeness (QED) is 0.715. The van der Waals surface area contributed by atoms with Crippen LogP contribution in [-0.4, -0.2) is 19.1 Å². The van der Waals surface area contributed by atoms with Crippen molar-refractivity contribution in [1.29, 1.82) is 0 Å². The van der Waals surface area contributed by atoms with E-state index in [-0.39, 0.29) is 24.4 Å². The molecule has 4 heteroatoms. The summed E-state index contributed by atoms with van der Waals surface area (Å²) in [7, 11) is 0. The van der Waals surface area contributed by atoms with Gasteiger partial charge >= 0.3 is 5.97 Å². The van der Waals surface area contributed by atoms with E-state index in [1.165, 1.54) is 0 Å². The van der Waals surface area contributed by atoms with E-state index in [9.17, 15) is 4.79 Å². The molecular weight excluding hydrogens is 202 g/mol. The Balaban J connectivity index is 0.000000980. The highest BCUT2D eigenvalue weighted by molar-refractivity contribution is 5.85. The van der Waals surface area contributed by atoms with E-state index in [0.717, 1.165) is 5.56 Å². The number of hydrogen-bond acceptors (Lipinski definition) is 3. The van der Waals surface area contributed by atoms with Crippen molar-refractivity contribution in [2.45, 2.75) is 6.04 Å². The van der Waals surface area contributed by atoms with Crippen LogP contribution in [0, 0.1) is 0 Å². The SMILES string of the molecule is Cl.O=C1CN[C@@H](c2ccccc2)CO1. The van der Waals surface area contributed by atoms with Crippen molar-refractivity contribution in [3.63, 3.8) is 0 Å². The Kier molecular flexibility index (Phi) is 3.92. The lowest BCUT2D eigenvalue weighted by molar-refractivity contribution is -0.147. The molecule has 1 aliphatic rings. The van der Waals surface area contributed by atoms with Crippen LogP contribution >= 0.6 is 12.4 Å². The fraction of sp³-hybridized carbons (Fsp3) is 0.300. The van der Waals surface area contributed by atoms with Crippen molar-refractivity contribution in [3.8, 4) is 0 Å². The fourth-order valence-corrected chi connectivity index (χ4v) is 1.39. The third-order valence-corrected chi connectivity index (χ3v) is 2.11. The van der Waals surface area contributed by atoms with Crippen LogP contribution < -0.4 is 5.32 Å². The van der Waals surface area contributed by atoms with Crippen LogP contribution in [0.3, 0.4) is 0 Å². The lowest BCUT2D eigenvalue weighted by atomic mass is 10.1. The molecule has 76 valence electrons. The predicted molar refractivity (Wildman–Crippen MR) is 55.4 cm³/mol. The third kappa shape index (κ3) is 2.47. The summed E-state index contributed by atoms with van der Waals surface area (Å²) < 4.78 is 4.94. The number of cyclic esters (lactones) is 1. The first-order valence-electron chi connectivity index (χ1n) is 4.30. The molecule has 0 bridgehead atoms. The van der Waals surface area contributed by atoms with Crippen molar-refractivity contribution < 1.29 is 9.53 Å². The van der Waals surface area contributed by atoms with Crippen LogP contribution in [0.2, 0.25) is 0 Å². The zero-order valence-electron chi connectivity index (χ0n) is 7.60. The van der Waals surface area contributed by atoms with Gasteiger partial charge in [0.25, 0.3) is 0 Å². The molecule has 3 nitrogen and oxygen atoms in total. The number of rotatable bonds is 1. The van der Waals surface area contributed by atoms with E-state index in [4.69, 9.17) is 4.74 Å². The van der Waals surface area contributed by atoms with Crippen molar-refractivity contribution in [1.82, 2.24) is 5.32 Å². The number of morpholine rings is 1. The van der Waals surface area contributed by atoms with E-state index in [1.54, 1.807) is 0 Å². The number of nitrogens with one attached hydrogen (secondary N) is 1. The summed E-state index contributed by atoms with van der Waals surface area (Å²) in [6.45, 7) is 0.738. The second-order valence-corrected chi connectivity index (χ2v) is 3.03. The minimum atomic E-state index is -0.174. The highest BCUT2D eigenvalue weighted by Crippen LogP contribution is 2.14. The van der Waals surface area contributed by atoms with Gasteiger partial charge in [-0.1, -0.05) is 30.3 Å². The largest absolute Gasteiger partial charge is 0.463 e. The fourth-order valence-electron chi connectivity index (χ4n) is 1.39. The maximum atomic E-state index is 10.8. The first-order valence-corrected chi connectivity index (χ1v) is 4.30. The topological polar surface area (TPSA) is 38.3 Å². The van der Waals surface area contributed by atoms with E-state index in [2.05, 4.69) is 5.32 Å². The summed E-state index contributed by atoms with van der Waals surface area (Å²) in [5.41, 5.74) is 1.16. The van der Waals surface area contributed by atoms with Gasteiger partial charge < -0.3 is 4.74 Å². The van der Waals surface area contributed by atoms with Gasteiger partial charge in [-0.3, -0.25) is 10.1 Å². The molecule has 0 saturated carbocycles. The molecule has 1 heterocycles. The van der Waals surface area contributed by atoms with Crippen LogP contribution in [-0.2, 0) is 9.53 Å². The average molecular weight is 214 g/mol. The number of ether oxygens (including phenoxy) is 1. The summed E-state index contributed by atoms with van der Waals surface area (Å²) in [5, 5.41) is 3.11. The van der Waals surface area contributed by atoms with Gasteiger partial charge in [0.1, 0.15) is 6.61 Å². The molecule has 1 atom stereocenters. The van der Waals surface area contributed by atoms with E-state index < -0.39 is 0 Å². The molecule has 2 rings (SSSR count). The lowest BCUT2D eigenvalue weighted by Crippen LogP contribution is -2.38. The maximum absolute atomic E-state index is 10.8. The minimum absolute atomic E-state index is 0. The summed E-state index contributed by atoms with van der Waals surface area (Å²) in [6.07, 6.45) is 0. The molecule has 0 aliphatic carbocycles. The second-order valence-electron chi connectivity index (χ2n) is 3.03. The smallest absolute Gasteiger partial charge is 0.320 e. The van der Waals surface area contributed by atoms with Gasteiger partial charge in [0.05, 0.1) is 12.6 Å². The number of esters is 1. The second kappa shape index (κ2) is 4.98. The Bertz CT molecular complexity index is 292. The van der Waals surface area contributed by atoms with Gasteiger partial charge in [0, 0.05) is 0 Å². The van der Waals surface area contributed by atoms with Gasteiger partial charge in [-0.25, -0.2) is 0 Å². The molecule has 1 fully saturated rings. The molecule has 0 aromatic heterocycles. The number of hydrogen-bond donors (Lipinski definition) is 1. The van der Waals surface area contributed by atoms with E-state index >= 15 is 0 Å². The van der Waals surface area contributed by atoms with Crippen LogP contribution in [0.1, 0.15) is 11.6 Å². The van der Waals surface area contributed by atoms with Crippen molar-refractivity contribution in [2.75, 3.05) is 13.2 Å². The van der Waals surface area contributed by atoms with Crippen LogP contribution in [0.5, 0.6) is 0 Å². The van der Waals surface area contributed by atoms with Gasteiger partial charge in [-0.15, -0.1) is 12.4 Å². The highest BCUT2D eigenvalue weighted by atomic mass is 35.5. The highest BCUT2D eigenvalue weighted by Gasteiger charge is 2.19. The predicted octanol–water partition coefficient (Wildman–Crippen LogP) is 1.30. The van der Waals surface area contributed by atoms with Crippen molar-refractivity contribution in [2.24, 2.45) is 0 Å². The van der Waals surface area contributed by atoms with Gasteiger partial charge in [0.2, 0.25) is 0 Å². The van der Waals surface area contributed by atoms with Crippen LogP contribution in [0.4, 0.5) is 0 Å². The molecular formula is C10H12ClNO2. The average Bonchev–Trinajstić information content (AvgIpc) is 2.20. The molecule has 0 radical (unpaired) electrons. The van der Waals surface area contributed by atoms with Crippen molar-refractivity contribution >= 4 is 18.4 Å². The number of halogens is 1. The Morgan fingerprint density at radius 2 is 2.00 bits per heavy atom. The Morgan fingerprint density at radius 3 is 2.57 bits per heavy atom. The normalized spacial score (nSPS) is 20.9. The third-order valence-electron chi connectivity index (χ3n) is 2.11. The molecule has 0 amide bonds. The molecule has 1 aromatic carbocycles. The lowest BCUT2D eigenvalue weighted by Gasteiger charge is -2.23. The van der Waals surface area contributed by atoms with E-state index in [1.807, 2.05) is 30.3 Å². The molecule has 1 N–H and O–H groups in total. The summed E-state index contributed by atoms with van der Waals surface area (Å²) in [4.78, 5) is 10.8. The summed E-state index contributed by atoms with van der Waals surface area (Å²) in [5.74, 6) is -0.174. The zero-order valence-corrected chi connectivity index (χ0v) is 8.42. The molecule has 0 spiro atoms. The Labute approximate surface area is 88.9 Å². The molecule has 14 heavy (non-hydrogen) atoms. The van der Waals surface area contributed by atoms with Crippen LogP contribution in [0.25, 0.3) is 0 Å². The molecule has 0 unspecified atom stereocenters. The van der Waals surface area contributed by atoms with Gasteiger partial charge in [-0.05, 0) is 5.56 Å². The standard InChI is InChI=1S/C10H11NO2.ClH/c12-10-6-11-9(7-13-10)8-4-2-1-3-5-8;/h1-5,9,11H,6-7H2;1H/t9-;/m1./s1. The maximum Gasteiger partial charge on any atom is 0.320 e. The Morgan fingerprint density at radius 1 is 1.29 bits per heavy atom.